The van der Waals surface area contributed by atoms with Gasteiger partial charge in [-0.1, -0.05) is 0 Å². The highest BCUT2D eigenvalue weighted by Crippen LogP contribution is 2.28. The van der Waals surface area contributed by atoms with E-state index in [4.69, 9.17) is 9.47 Å². The number of rotatable bonds is 5. The molecule has 0 bridgehead atoms. The van der Waals surface area contributed by atoms with Crippen molar-refractivity contribution < 1.29 is 14.3 Å². The molecule has 0 saturated carbocycles. The minimum atomic E-state index is -0.569. The minimum Gasteiger partial charge on any atom is -0.379 e. The maximum absolute atomic E-state index is 12.7. The number of benzene rings is 1. The molecule has 2 aliphatic heterocycles. The lowest BCUT2D eigenvalue weighted by molar-refractivity contribution is -0.137. The van der Waals surface area contributed by atoms with Gasteiger partial charge in [-0.2, -0.15) is 5.26 Å². The van der Waals surface area contributed by atoms with Crippen LogP contribution in [0.5, 0.6) is 0 Å². The first-order valence-electron chi connectivity index (χ1n) is 10.3. The van der Waals surface area contributed by atoms with Gasteiger partial charge in [-0.25, -0.2) is 0 Å². The lowest BCUT2D eigenvalue weighted by Gasteiger charge is -2.37. The molecule has 0 radical (unpaired) electrons. The Morgan fingerprint density at radius 3 is 2.77 bits per heavy atom. The summed E-state index contributed by atoms with van der Waals surface area (Å²) >= 11 is 0. The number of carbonyl (C=O) groups excluding carboxylic acids is 1. The topological polar surface area (TPSA) is 104 Å². The smallest absolute Gasteiger partial charge is 0.251 e. The van der Waals surface area contributed by atoms with Gasteiger partial charge >= 0.3 is 0 Å². The number of carbonyl (C=O) groups is 1. The van der Waals surface area contributed by atoms with Crippen LogP contribution in [-0.2, 0) is 14.3 Å². The van der Waals surface area contributed by atoms with Crippen molar-refractivity contribution in [3.05, 3.63) is 30.1 Å². The van der Waals surface area contributed by atoms with Gasteiger partial charge in [0.25, 0.3) is 5.91 Å². The van der Waals surface area contributed by atoms with E-state index in [1.54, 1.807) is 18.5 Å². The summed E-state index contributed by atoms with van der Waals surface area (Å²) in [5, 5.41) is 12.4. The SMILES string of the molecule is C[C@@H]1CN(c2ccc(C#N)c3nccnc23)C[C@H](C(=O)NCCN2CCOCC2)O1. The van der Waals surface area contributed by atoms with E-state index in [2.05, 4.69) is 31.2 Å². The van der Waals surface area contributed by atoms with E-state index in [0.717, 1.165) is 38.5 Å². The molecular formula is C21H26N6O3. The zero-order chi connectivity index (χ0) is 20.9. The summed E-state index contributed by atoms with van der Waals surface area (Å²) in [4.78, 5) is 25.9. The molecule has 158 valence electrons. The van der Waals surface area contributed by atoms with Gasteiger partial charge in [-0.05, 0) is 19.1 Å². The number of nitrogens with one attached hydrogen (secondary N) is 1. The molecule has 9 nitrogen and oxygen atoms in total. The number of aromatic nitrogens is 2. The summed E-state index contributed by atoms with van der Waals surface area (Å²) in [6.07, 6.45) is 2.52. The molecule has 1 aromatic carbocycles. The molecule has 0 unspecified atom stereocenters. The first-order chi connectivity index (χ1) is 14.7. The largest absolute Gasteiger partial charge is 0.379 e. The molecule has 2 saturated heterocycles. The van der Waals surface area contributed by atoms with Crippen molar-refractivity contribution in [3.8, 4) is 6.07 Å². The zero-order valence-electron chi connectivity index (χ0n) is 17.1. The predicted molar refractivity (Wildman–Crippen MR) is 111 cm³/mol. The second-order valence-corrected chi connectivity index (χ2v) is 7.58. The molecule has 0 aliphatic carbocycles. The molecule has 30 heavy (non-hydrogen) atoms. The Labute approximate surface area is 175 Å². The lowest BCUT2D eigenvalue weighted by Crippen LogP contribution is -2.53. The number of hydrogen-bond donors (Lipinski definition) is 1. The van der Waals surface area contributed by atoms with Crippen molar-refractivity contribution in [2.24, 2.45) is 0 Å². The Bertz CT molecular complexity index is 940. The Kier molecular flexibility index (Phi) is 6.38. The van der Waals surface area contributed by atoms with E-state index in [9.17, 15) is 10.1 Å². The van der Waals surface area contributed by atoms with Crippen LogP contribution in [0.25, 0.3) is 11.0 Å². The third-order valence-electron chi connectivity index (χ3n) is 5.45. The Hall–Kier alpha value is -2.80. The quantitative estimate of drug-likeness (QED) is 0.762. The molecule has 3 heterocycles. The fourth-order valence-corrected chi connectivity index (χ4v) is 3.96. The standard InChI is InChI=1S/C21H26N6O3/c1-15-13-27(17-3-2-16(12-22)19-20(17)24-5-4-23-19)14-18(30-15)21(28)25-6-7-26-8-10-29-11-9-26/h2-5,15,18H,6-11,13-14H2,1H3,(H,25,28)/t15-,18-/m1/s1. The van der Waals surface area contributed by atoms with Gasteiger partial charge in [0.2, 0.25) is 0 Å². The van der Waals surface area contributed by atoms with Crippen molar-refractivity contribution in [2.75, 3.05) is 57.4 Å². The average Bonchev–Trinajstić information content (AvgIpc) is 2.78. The molecule has 2 aromatic rings. The van der Waals surface area contributed by atoms with Gasteiger partial charge in [0.15, 0.2) is 6.10 Å². The van der Waals surface area contributed by atoms with Gasteiger partial charge in [0, 0.05) is 45.1 Å². The number of ether oxygens (including phenoxy) is 2. The maximum atomic E-state index is 12.7. The fourth-order valence-electron chi connectivity index (χ4n) is 3.96. The van der Waals surface area contributed by atoms with Gasteiger partial charge in [-0.3, -0.25) is 19.7 Å². The second-order valence-electron chi connectivity index (χ2n) is 7.58. The number of nitriles is 1. The van der Waals surface area contributed by atoms with Crippen LogP contribution in [-0.4, -0.2) is 85.5 Å². The molecular weight excluding hydrogens is 384 g/mol. The fraction of sp³-hybridized carbons (Fsp3) is 0.524. The van der Waals surface area contributed by atoms with Crippen LogP contribution in [0.2, 0.25) is 0 Å². The van der Waals surface area contributed by atoms with Crippen LogP contribution < -0.4 is 10.2 Å². The van der Waals surface area contributed by atoms with E-state index < -0.39 is 6.10 Å². The number of hydrogen-bond acceptors (Lipinski definition) is 8. The van der Waals surface area contributed by atoms with E-state index >= 15 is 0 Å². The third-order valence-corrected chi connectivity index (χ3v) is 5.45. The van der Waals surface area contributed by atoms with Crippen LogP contribution in [0.4, 0.5) is 5.69 Å². The van der Waals surface area contributed by atoms with Gasteiger partial charge < -0.3 is 19.7 Å². The summed E-state index contributed by atoms with van der Waals surface area (Å²) in [5.41, 5.74) is 2.58. The van der Waals surface area contributed by atoms with Gasteiger partial charge in [0.1, 0.15) is 17.1 Å². The minimum absolute atomic E-state index is 0.108. The summed E-state index contributed by atoms with van der Waals surface area (Å²) in [7, 11) is 0. The molecule has 1 aromatic heterocycles. The van der Waals surface area contributed by atoms with Crippen LogP contribution in [0, 0.1) is 11.3 Å². The van der Waals surface area contributed by atoms with Crippen molar-refractivity contribution in [1.82, 2.24) is 20.2 Å². The van der Waals surface area contributed by atoms with Crippen molar-refractivity contribution in [3.63, 3.8) is 0 Å². The summed E-state index contributed by atoms with van der Waals surface area (Å²) < 4.78 is 11.3. The number of amides is 1. The molecule has 1 N–H and O–H groups in total. The van der Waals surface area contributed by atoms with Crippen LogP contribution in [0.15, 0.2) is 24.5 Å². The summed E-state index contributed by atoms with van der Waals surface area (Å²) in [5.74, 6) is -0.108. The molecule has 9 heteroatoms. The van der Waals surface area contributed by atoms with Crippen molar-refractivity contribution in [2.45, 2.75) is 19.1 Å². The molecule has 0 spiro atoms. The highest BCUT2D eigenvalue weighted by atomic mass is 16.5. The summed E-state index contributed by atoms with van der Waals surface area (Å²) in [6, 6.07) is 5.79. The number of anilines is 1. The van der Waals surface area contributed by atoms with Crippen LogP contribution in [0.1, 0.15) is 12.5 Å². The normalized spacial score (nSPS) is 22.6. The van der Waals surface area contributed by atoms with Crippen molar-refractivity contribution in [1.29, 1.82) is 5.26 Å². The Morgan fingerprint density at radius 1 is 1.23 bits per heavy atom. The number of morpholine rings is 2. The zero-order valence-corrected chi connectivity index (χ0v) is 17.1. The molecule has 2 fully saturated rings. The predicted octanol–water partition coefficient (Wildman–Crippen LogP) is 0.544. The first-order valence-corrected chi connectivity index (χ1v) is 10.3. The third kappa shape index (κ3) is 4.51. The Balaban J connectivity index is 1.44. The van der Waals surface area contributed by atoms with Gasteiger partial charge in [-0.15, -0.1) is 0 Å². The highest BCUT2D eigenvalue weighted by Gasteiger charge is 2.31. The van der Waals surface area contributed by atoms with Gasteiger partial charge in [0.05, 0.1) is 37.1 Å². The maximum Gasteiger partial charge on any atom is 0.251 e. The van der Waals surface area contributed by atoms with Crippen LogP contribution in [0.3, 0.4) is 0 Å². The molecule has 4 rings (SSSR count). The summed E-state index contributed by atoms with van der Waals surface area (Å²) in [6.45, 7) is 7.68. The first kappa shape index (κ1) is 20.5. The number of nitrogens with zero attached hydrogens (tertiary/aromatic N) is 5. The van der Waals surface area contributed by atoms with Crippen molar-refractivity contribution >= 4 is 22.6 Å². The van der Waals surface area contributed by atoms with E-state index in [0.29, 0.717) is 36.2 Å². The molecule has 1 amide bonds. The highest BCUT2D eigenvalue weighted by molar-refractivity contribution is 5.92. The average molecular weight is 410 g/mol. The second kappa shape index (κ2) is 9.34. The van der Waals surface area contributed by atoms with E-state index in [1.165, 1.54) is 0 Å². The Morgan fingerprint density at radius 2 is 2.00 bits per heavy atom. The number of fused-ring (bicyclic) bond motifs is 1. The van der Waals surface area contributed by atoms with E-state index in [-0.39, 0.29) is 12.0 Å². The molecule has 2 aliphatic rings. The van der Waals surface area contributed by atoms with Crippen LogP contribution >= 0.6 is 0 Å². The van der Waals surface area contributed by atoms with E-state index in [1.807, 2.05) is 13.0 Å². The molecule has 2 atom stereocenters. The monoisotopic (exact) mass is 410 g/mol. The lowest BCUT2D eigenvalue weighted by atomic mass is 10.1.